The number of fused-ring (bicyclic) bond motifs is 1. The van der Waals surface area contributed by atoms with E-state index >= 15 is 0 Å². The van der Waals surface area contributed by atoms with Crippen molar-refractivity contribution in [2.24, 2.45) is 0 Å². The lowest BCUT2D eigenvalue weighted by molar-refractivity contribution is 0.280. The predicted molar refractivity (Wildman–Crippen MR) is 125 cm³/mol. The zero-order valence-electron chi connectivity index (χ0n) is 16.0. The molecule has 0 saturated heterocycles. The number of nitrogens with one attached hydrogen (secondary N) is 1. The number of hydrogen-bond acceptors (Lipinski definition) is 8. The van der Waals surface area contributed by atoms with Gasteiger partial charge in [-0.15, -0.1) is 0 Å². The Labute approximate surface area is 187 Å². The normalized spacial score (nSPS) is 12.2. The van der Waals surface area contributed by atoms with Crippen molar-refractivity contribution >= 4 is 56.0 Å². The van der Waals surface area contributed by atoms with Crippen LogP contribution in [0.1, 0.15) is 23.6 Å². The molecule has 0 saturated carbocycles. The van der Waals surface area contributed by atoms with Crippen LogP contribution in [0.3, 0.4) is 0 Å². The van der Waals surface area contributed by atoms with E-state index in [0.29, 0.717) is 33.2 Å². The average molecular weight is 458 g/mol. The summed E-state index contributed by atoms with van der Waals surface area (Å²) in [4.78, 5) is 13.7. The third kappa shape index (κ3) is 5.02. The molecule has 154 valence electrons. The number of rotatable bonds is 8. The molecule has 0 bridgehead atoms. The van der Waals surface area contributed by atoms with E-state index < -0.39 is 0 Å². The standard InChI is InChI=1S/C21H20ClN5OS2/c22-15-8-6-14(7-9-15)16(10-11-28)24-18-17-19(25-20(23)30-17)27-21(26-18)29-12-13-4-2-1-3-5-13/h1-9,16,28H,10-12H2,(H3,23,24,25,26,27). The van der Waals surface area contributed by atoms with Crippen LogP contribution in [0, 0.1) is 0 Å². The van der Waals surface area contributed by atoms with Crippen molar-refractivity contribution in [1.29, 1.82) is 0 Å². The molecule has 0 amide bonds. The molecule has 6 nitrogen and oxygen atoms in total. The fourth-order valence-electron chi connectivity index (χ4n) is 3.02. The monoisotopic (exact) mass is 457 g/mol. The topological polar surface area (TPSA) is 97.0 Å². The highest BCUT2D eigenvalue weighted by Gasteiger charge is 2.18. The summed E-state index contributed by atoms with van der Waals surface area (Å²) in [6.45, 7) is 0.0367. The molecule has 2 heterocycles. The average Bonchev–Trinajstić information content (AvgIpc) is 3.14. The summed E-state index contributed by atoms with van der Waals surface area (Å²) in [5.74, 6) is 1.42. The molecule has 0 aliphatic carbocycles. The minimum atomic E-state index is -0.138. The second-order valence-corrected chi connectivity index (χ2v) is 9.00. The van der Waals surface area contributed by atoms with Gasteiger partial charge in [0.1, 0.15) is 4.70 Å². The summed E-state index contributed by atoms with van der Waals surface area (Å²) in [5.41, 5.74) is 8.72. The van der Waals surface area contributed by atoms with Crippen LogP contribution < -0.4 is 11.1 Å². The Bertz CT molecular complexity index is 1120. The molecule has 0 spiro atoms. The number of anilines is 2. The first kappa shape index (κ1) is 20.9. The number of aliphatic hydroxyl groups is 1. The zero-order chi connectivity index (χ0) is 20.9. The SMILES string of the molecule is Nc1nc2nc(SCc3ccccc3)nc(NC(CCO)c3ccc(Cl)cc3)c2s1. The smallest absolute Gasteiger partial charge is 0.191 e. The summed E-state index contributed by atoms with van der Waals surface area (Å²) < 4.78 is 0.800. The fourth-order valence-corrected chi connectivity index (χ4v) is 4.66. The summed E-state index contributed by atoms with van der Waals surface area (Å²) in [7, 11) is 0. The van der Waals surface area contributed by atoms with Crippen LogP contribution in [-0.4, -0.2) is 26.7 Å². The number of aromatic nitrogens is 3. The van der Waals surface area contributed by atoms with E-state index in [1.807, 2.05) is 42.5 Å². The summed E-state index contributed by atoms with van der Waals surface area (Å²) in [6.07, 6.45) is 0.522. The number of thiazole rings is 1. The maximum absolute atomic E-state index is 9.58. The Morgan fingerprint density at radius 1 is 1.07 bits per heavy atom. The van der Waals surface area contributed by atoms with Gasteiger partial charge in [-0.25, -0.2) is 15.0 Å². The van der Waals surface area contributed by atoms with E-state index in [1.165, 1.54) is 16.9 Å². The number of nitrogens with two attached hydrogens (primary N) is 1. The summed E-state index contributed by atoms with van der Waals surface area (Å²) >= 11 is 8.92. The molecular formula is C21H20ClN5OS2. The fraction of sp³-hybridized carbons (Fsp3) is 0.190. The lowest BCUT2D eigenvalue weighted by Gasteiger charge is -2.19. The van der Waals surface area contributed by atoms with Gasteiger partial charge >= 0.3 is 0 Å². The van der Waals surface area contributed by atoms with Crippen molar-refractivity contribution in [3.05, 3.63) is 70.7 Å². The summed E-state index contributed by atoms with van der Waals surface area (Å²) in [5, 5.41) is 14.8. The molecule has 2 aromatic carbocycles. The zero-order valence-corrected chi connectivity index (χ0v) is 18.3. The van der Waals surface area contributed by atoms with Gasteiger partial charge in [0.05, 0.1) is 6.04 Å². The number of nitrogen functional groups attached to an aromatic ring is 1. The van der Waals surface area contributed by atoms with Crippen molar-refractivity contribution in [2.75, 3.05) is 17.7 Å². The van der Waals surface area contributed by atoms with Crippen LogP contribution in [-0.2, 0) is 5.75 Å². The molecule has 30 heavy (non-hydrogen) atoms. The van der Waals surface area contributed by atoms with Gasteiger partial charge in [0.15, 0.2) is 21.8 Å². The predicted octanol–water partition coefficient (Wildman–Crippen LogP) is 5.15. The number of benzene rings is 2. The maximum atomic E-state index is 9.58. The maximum Gasteiger partial charge on any atom is 0.191 e. The highest BCUT2D eigenvalue weighted by Crippen LogP contribution is 2.34. The first-order valence-electron chi connectivity index (χ1n) is 9.36. The first-order valence-corrected chi connectivity index (χ1v) is 11.5. The Morgan fingerprint density at radius 2 is 1.83 bits per heavy atom. The van der Waals surface area contributed by atoms with E-state index in [0.717, 1.165) is 16.0 Å². The van der Waals surface area contributed by atoms with Crippen LogP contribution in [0.4, 0.5) is 10.9 Å². The van der Waals surface area contributed by atoms with E-state index in [1.54, 1.807) is 11.8 Å². The Hall–Kier alpha value is -2.39. The third-order valence-corrected chi connectivity index (χ3v) is 6.51. The van der Waals surface area contributed by atoms with Gasteiger partial charge in [0.25, 0.3) is 0 Å². The van der Waals surface area contributed by atoms with Crippen LogP contribution in [0.15, 0.2) is 59.8 Å². The van der Waals surface area contributed by atoms with Gasteiger partial charge in [-0.1, -0.05) is 77.2 Å². The van der Waals surface area contributed by atoms with Crippen molar-refractivity contribution in [3.8, 4) is 0 Å². The van der Waals surface area contributed by atoms with Gasteiger partial charge in [0.2, 0.25) is 0 Å². The number of thioether (sulfide) groups is 1. The van der Waals surface area contributed by atoms with Crippen molar-refractivity contribution < 1.29 is 5.11 Å². The van der Waals surface area contributed by atoms with Crippen LogP contribution >= 0.6 is 34.7 Å². The molecule has 0 aliphatic heterocycles. The van der Waals surface area contributed by atoms with Crippen molar-refractivity contribution in [3.63, 3.8) is 0 Å². The van der Waals surface area contributed by atoms with Crippen LogP contribution in [0.5, 0.6) is 0 Å². The molecule has 9 heteroatoms. The Balaban J connectivity index is 1.64. The number of aliphatic hydroxyl groups excluding tert-OH is 1. The van der Waals surface area contributed by atoms with Gasteiger partial charge in [-0.3, -0.25) is 0 Å². The highest BCUT2D eigenvalue weighted by molar-refractivity contribution is 7.98. The second kappa shape index (κ2) is 9.61. The van der Waals surface area contributed by atoms with Crippen molar-refractivity contribution in [2.45, 2.75) is 23.4 Å². The summed E-state index contributed by atoms with van der Waals surface area (Å²) in [6, 6.07) is 17.6. The molecule has 0 aliphatic rings. The highest BCUT2D eigenvalue weighted by atomic mass is 35.5. The first-order chi connectivity index (χ1) is 14.6. The van der Waals surface area contributed by atoms with E-state index in [2.05, 4.69) is 27.4 Å². The van der Waals surface area contributed by atoms with E-state index in [9.17, 15) is 5.11 Å². The van der Waals surface area contributed by atoms with Gasteiger partial charge in [-0.2, -0.15) is 0 Å². The molecule has 4 rings (SSSR count). The Kier molecular flexibility index (Phi) is 6.69. The molecule has 4 N–H and O–H groups in total. The minimum absolute atomic E-state index is 0.0367. The lowest BCUT2D eigenvalue weighted by atomic mass is 10.0. The van der Waals surface area contributed by atoms with Gasteiger partial charge < -0.3 is 16.2 Å². The Morgan fingerprint density at radius 3 is 2.57 bits per heavy atom. The molecule has 1 atom stereocenters. The molecular weight excluding hydrogens is 438 g/mol. The van der Waals surface area contributed by atoms with Gasteiger partial charge in [0, 0.05) is 17.4 Å². The van der Waals surface area contributed by atoms with E-state index in [-0.39, 0.29) is 12.6 Å². The molecule has 0 fully saturated rings. The molecule has 2 aromatic heterocycles. The third-order valence-electron chi connectivity index (χ3n) is 4.46. The van der Waals surface area contributed by atoms with Gasteiger partial charge in [-0.05, 0) is 29.7 Å². The van der Waals surface area contributed by atoms with E-state index in [4.69, 9.17) is 22.3 Å². The quantitative estimate of drug-likeness (QED) is 0.248. The van der Waals surface area contributed by atoms with Crippen LogP contribution in [0.2, 0.25) is 5.02 Å². The molecule has 0 radical (unpaired) electrons. The van der Waals surface area contributed by atoms with Crippen molar-refractivity contribution in [1.82, 2.24) is 15.0 Å². The number of hydrogen-bond donors (Lipinski definition) is 3. The molecule has 4 aromatic rings. The largest absolute Gasteiger partial charge is 0.396 e. The lowest BCUT2D eigenvalue weighted by Crippen LogP contribution is -2.14. The van der Waals surface area contributed by atoms with Crippen LogP contribution in [0.25, 0.3) is 10.3 Å². The molecule has 1 unspecified atom stereocenters. The second-order valence-electron chi connectivity index (χ2n) is 6.59. The number of halogens is 1. The minimum Gasteiger partial charge on any atom is -0.396 e. The number of nitrogens with zero attached hydrogens (tertiary/aromatic N) is 3.